The molecular formula is C5H10O3. The molecule has 0 amide bonds. The van der Waals surface area contributed by atoms with E-state index in [9.17, 15) is 4.79 Å². The van der Waals surface area contributed by atoms with Crippen molar-refractivity contribution in [2.75, 3.05) is 0 Å². The number of carboxylic acid groups (broad SMARTS) is 1. The summed E-state index contributed by atoms with van der Waals surface area (Å²) in [4.78, 5) is 18.2. The highest BCUT2D eigenvalue weighted by molar-refractivity contribution is 5.66. The van der Waals surface area contributed by atoms with Crippen LogP contribution in [0.3, 0.4) is 0 Å². The molecule has 3 heteroatoms. The molecule has 0 atom stereocenters. The van der Waals surface area contributed by atoms with Crippen molar-refractivity contribution >= 4 is 12.3 Å². The van der Waals surface area contributed by atoms with Crippen molar-refractivity contribution < 1.29 is 14.7 Å². The van der Waals surface area contributed by atoms with Crippen molar-refractivity contribution in [1.82, 2.24) is 0 Å². The monoisotopic (exact) mass is 118 g/mol. The molecule has 0 aromatic carbocycles. The lowest BCUT2D eigenvalue weighted by molar-refractivity contribution is -0.136. The minimum Gasteiger partial charge on any atom is -0.481 e. The van der Waals surface area contributed by atoms with Crippen LogP contribution in [0.25, 0.3) is 0 Å². The number of carbonyl (C=O) groups is 2. The van der Waals surface area contributed by atoms with Gasteiger partial charge in [-0.25, -0.2) is 0 Å². The summed E-state index contributed by atoms with van der Waals surface area (Å²) in [6.45, 7) is 3.04. The van der Waals surface area contributed by atoms with Crippen LogP contribution in [0.15, 0.2) is 0 Å². The molecule has 0 aliphatic rings. The van der Waals surface area contributed by atoms with E-state index in [0.29, 0.717) is 0 Å². The summed E-state index contributed by atoms with van der Waals surface area (Å²) in [7, 11) is 0. The summed E-state index contributed by atoms with van der Waals surface area (Å²) in [5.74, 6) is -0.745. The van der Waals surface area contributed by atoms with Gasteiger partial charge in [-0.15, -0.1) is 0 Å². The molecule has 0 aliphatic heterocycles. The lowest BCUT2D eigenvalue weighted by Gasteiger charge is -1.71. The SMILES string of the molecule is CC=O.CCC(=O)O. The van der Waals surface area contributed by atoms with Gasteiger partial charge < -0.3 is 9.90 Å². The summed E-state index contributed by atoms with van der Waals surface area (Å²) in [6, 6.07) is 0. The third-order valence-electron chi connectivity index (χ3n) is 0.302. The molecule has 0 fully saturated rings. The zero-order valence-corrected chi connectivity index (χ0v) is 5.05. The maximum atomic E-state index is 9.37. The van der Waals surface area contributed by atoms with Gasteiger partial charge in [0.15, 0.2) is 0 Å². The van der Waals surface area contributed by atoms with Crippen molar-refractivity contribution in [1.29, 1.82) is 0 Å². The summed E-state index contributed by atoms with van der Waals surface area (Å²) in [6.07, 6.45) is 0.972. The molecule has 0 aromatic rings. The predicted octanol–water partition coefficient (Wildman–Crippen LogP) is 0.686. The fourth-order valence-corrected chi connectivity index (χ4v) is 0. The molecule has 0 heterocycles. The normalized spacial score (nSPS) is 6.25. The highest BCUT2D eigenvalue weighted by Gasteiger charge is 1.80. The fourth-order valence-electron chi connectivity index (χ4n) is 0. The summed E-state index contributed by atoms with van der Waals surface area (Å²) >= 11 is 0. The number of hydrogen-bond acceptors (Lipinski definition) is 2. The molecule has 8 heavy (non-hydrogen) atoms. The quantitative estimate of drug-likeness (QED) is 0.515. The lowest BCUT2D eigenvalue weighted by atomic mass is 10.5. The molecule has 0 rings (SSSR count). The van der Waals surface area contributed by atoms with E-state index < -0.39 is 5.97 Å². The van der Waals surface area contributed by atoms with Crippen LogP contribution in [0.2, 0.25) is 0 Å². The van der Waals surface area contributed by atoms with Crippen LogP contribution in [-0.4, -0.2) is 17.4 Å². The predicted molar refractivity (Wildman–Crippen MR) is 29.7 cm³/mol. The summed E-state index contributed by atoms with van der Waals surface area (Å²) in [5.41, 5.74) is 0. The van der Waals surface area contributed by atoms with Gasteiger partial charge in [-0.3, -0.25) is 4.79 Å². The van der Waals surface area contributed by atoms with Gasteiger partial charge in [0.25, 0.3) is 0 Å². The van der Waals surface area contributed by atoms with Gasteiger partial charge in [-0.1, -0.05) is 6.92 Å². The van der Waals surface area contributed by atoms with Gasteiger partial charge in [0.05, 0.1) is 0 Å². The second kappa shape index (κ2) is 9.46. The van der Waals surface area contributed by atoms with E-state index in [1.54, 1.807) is 6.92 Å². The minimum absolute atomic E-state index is 0.222. The number of rotatable bonds is 1. The second-order valence-corrected chi connectivity index (χ2v) is 0.983. The summed E-state index contributed by atoms with van der Waals surface area (Å²) < 4.78 is 0. The first-order valence-electron chi connectivity index (χ1n) is 2.30. The smallest absolute Gasteiger partial charge is 0.303 e. The van der Waals surface area contributed by atoms with Crippen LogP contribution in [0.5, 0.6) is 0 Å². The Morgan fingerprint density at radius 2 is 1.88 bits per heavy atom. The lowest BCUT2D eigenvalue weighted by Crippen LogP contribution is -1.86. The number of carbonyl (C=O) groups excluding carboxylic acids is 1. The maximum Gasteiger partial charge on any atom is 0.303 e. The van der Waals surface area contributed by atoms with Crippen LogP contribution in [0.4, 0.5) is 0 Å². The minimum atomic E-state index is -0.745. The number of carboxylic acids is 1. The van der Waals surface area contributed by atoms with Crippen LogP contribution in [0.1, 0.15) is 20.3 Å². The van der Waals surface area contributed by atoms with Crippen molar-refractivity contribution in [2.24, 2.45) is 0 Å². The Hall–Kier alpha value is -0.860. The molecule has 1 N–H and O–H groups in total. The molecule has 0 spiro atoms. The van der Waals surface area contributed by atoms with Crippen LogP contribution in [0, 0.1) is 0 Å². The van der Waals surface area contributed by atoms with Gasteiger partial charge in [0, 0.05) is 6.42 Å². The zero-order valence-electron chi connectivity index (χ0n) is 5.05. The first-order chi connectivity index (χ1) is 3.68. The zero-order chi connectivity index (χ0) is 6.99. The van der Waals surface area contributed by atoms with Crippen LogP contribution in [-0.2, 0) is 9.59 Å². The fraction of sp³-hybridized carbons (Fsp3) is 0.600. The molecule has 48 valence electrons. The molecule has 0 saturated heterocycles. The van der Waals surface area contributed by atoms with E-state index in [4.69, 9.17) is 9.90 Å². The molecule has 0 aliphatic carbocycles. The third kappa shape index (κ3) is 67.8. The van der Waals surface area contributed by atoms with E-state index in [1.807, 2.05) is 0 Å². The average Bonchev–Trinajstić information content (AvgIpc) is 1.69. The Labute approximate surface area is 48.3 Å². The Balaban J connectivity index is 0. The first kappa shape index (κ1) is 10.2. The molecule has 0 radical (unpaired) electrons. The van der Waals surface area contributed by atoms with E-state index in [2.05, 4.69) is 0 Å². The van der Waals surface area contributed by atoms with Crippen molar-refractivity contribution in [3.63, 3.8) is 0 Å². The van der Waals surface area contributed by atoms with Crippen molar-refractivity contribution in [3.8, 4) is 0 Å². The highest BCUT2D eigenvalue weighted by atomic mass is 16.4. The highest BCUT2D eigenvalue weighted by Crippen LogP contribution is 1.67. The van der Waals surface area contributed by atoms with Crippen molar-refractivity contribution in [3.05, 3.63) is 0 Å². The maximum absolute atomic E-state index is 9.37. The molecule has 3 nitrogen and oxygen atoms in total. The van der Waals surface area contributed by atoms with Gasteiger partial charge in [-0.2, -0.15) is 0 Å². The van der Waals surface area contributed by atoms with E-state index >= 15 is 0 Å². The van der Waals surface area contributed by atoms with E-state index in [1.165, 1.54) is 6.92 Å². The van der Waals surface area contributed by atoms with Crippen molar-refractivity contribution in [2.45, 2.75) is 20.3 Å². The number of aldehydes is 1. The Morgan fingerprint density at radius 3 is 1.88 bits per heavy atom. The van der Waals surface area contributed by atoms with Gasteiger partial charge >= 0.3 is 5.97 Å². The van der Waals surface area contributed by atoms with E-state index in [0.717, 1.165) is 6.29 Å². The Bertz CT molecular complexity index is 68.1. The molecule has 0 bridgehead atoms. The van der Waals surface area contributed by atoms with Gasteiger partial charge in [0.2, 0.25) is 0 Å². The number of aliphatic carboxylic acids is 1. The van der Waals surface area contributed by atoms with Gasteiger partial charge in [-0.05, 0) is 6.92 Å². The Kier molecular flexibility index (Phi) is 12.1. The topological polar surface area (TPSA) is 54.4 Å². The Morgan fingerprint density at radius 1 is 1.75 bits per heavy atom. The molecule has 0 unspecified atom stereocenters. The van der Waals surface area contributed by atoms with Crippen LogP contribution >= 0.6 is 0 Å². The number of hydrogen-bond donors (Lipinski definition) is 1. The summed E-state index contributed by atoms with van der Waals surface area (Å²) in [5, 5.41) is 7.72. The second-order valence-electron chi connectivity index (χ2n) is 0.983. The molecule has 0 aromatic heterocycles. The van der Waals surface area contributed by atoms with E-state index in [-0.39, 0.29) is 6.42 Å². The average molecular weight is 118 g/mol. The van der Waals surface area contributed by atoms with Gasteiger partial charge in [0.1, 0.15) is 6.29 Å². The molecular weight excluding hydrogens is 108 g/mol. The standard InChI is InChI=1S/C3H6O2.C2H4O/c1-2-3(4)5;1-2-3/h2H2,1H3,(H,4,5);2H,1H3. The first-order valence-corrected chi connectivity index (χ1v) is 2.30. The van der Waals surface area contributed by atoms with Crippen LogP contribution < -0.4 is 0 Å². The largest absolute Gasteiger partial charge is 0.481 e. The third-order valence-corrected chi connectivity index (χ3v) is 0.302. The molecule has 0 saturated carbocycles.